The van der Waals surface area contributed by atoms with Gasteiger partial charge in [-0.25, -0.2) is 8.42 Å². The number of terminal acetylenes is 1. The van der Waals surface area contributed by atoms with Gasteiger partial charge in [-0.15, -0.1) is 12.3 Å². The molecule has 0 bridgehead atoms. The minimum atomic E-state index is -2.86. The number of hydrogen-bond donors (Lipinski definition) is 1. The van der Waals surface area contributed by atoms with Crippen LogP contribution < -0.4 is 5.32 Å². The lowest BCUT2D eigenvalue weighted by Crippen LogP contribution is -2.31. The molecule has 0 radical (unpaired) electrons. The van der Waals surface area contributed by atoms with Gasteiger partial charge in [0.2, 0.25) is 0 Å². The van der Waals surface area contributed by atoms with Gasteiger partial charge < -0.3 is 5.32 Å². The summed E-state index contributed by atoms with van der Waals surface area (Å²) in [6.07, 6.45) is 6.44. The van der Waals surface area contributed by atoms with E-state index in [-0.39, 0.29) is 17.5 Å². The second kappa shape index (κ2) is 6.86. The first kappa shape index (κ1) is 13.5. The molecule has 82 valence electrons. The lowest BCUT2D eigenvalue weighted by atomic mass is 10.2. The monoisotopic (exact) mass is 217 g/mol. The maximum atomic E-state index is 11.3. The third kappa shape index (κ3) is 6.93. The number of sulfone groups is 1. The molecule has 1 atom stereocenters. The van der Waals surface area contributed by atoms with Crippen LogP contribution in [0.4, 0.5) is 0 Å². The first-order chi connectivity index (χ1) is 6.52. The fraction of sp³-hybridized carbons (Fsp3) is 0.800. The third-order valence-corrected chi connectivity index (χ3v) is 3.70. The Morgan fingerprint density at radius 1 is 1.43 bits per heavy atom. The van der Waals surface area contributed by atoms with E-state index < -0.39 is 9.84 Å². The van der Waals surface area contributed by atoms with Crippen molar-refractivity contribution < 1.29 is 8.42 Å². The predicted molar refractivity (Wildman–Crippen MR) is 59.9 cm³/mol. The molecule has 0 saturated carbocycles. The molecule has 0 saturated heterocycles. The molecule has 0 aromatic heterocycles. The standard InChI is InChI=1S/C10H19NO2S/c1-4-6-10(3)11-7-9-14(12,13)8-5-2/h1,10-11H,5-9H2,2-3H3. The van der Waals surface area contributed by atoms with E-state index in [1.165, 1.54) is 0 Å². The van der Waals surface area contributed by atoms with Gasteiger partial charge in [-0.05, 0) is 13.3 Å². The van der Waals surface area contributed by atoms with E-state index in [1.807, 2.05) is 13.8 Å². The quantitative estimate of drug-likeness (QED) is 0.642. The summed E-state index contributed by atoms with van der Waals surface area (Å²) in [5, 5.41) is 3.08. The number of nitrogens with one attached hydrogen (secondary N) is 1. The molecule has 0 aromatic carbocycles. The second-order valence-electron chi connectivity index (χ2n) is 3.42. The maximum Gasteiger partial charge on any atom is 0.151 e. The molecule has 1 unspecified atom stereocenters. The van der Waals surface area contributed by atoms with Gasteiger partial charge in [-0.3, -0.25) is 0 Å². The van der Waals surface area contributed by atoms with Crippen LogP contribution >= 0.6 is 0 Å². The second-order valence-corrected chi connectivity index (χ2v) is 5.72. The molecule has 3 nitrogen and oxygen atoms in total. The highest BCUT2D eigenvalue weighted by atomic mass is 32.2. The molecule has 0 rings (SSSR count). The zero-order chi connectivity index (χ0) is 11.0. The Bertz CT molecular complexity index is 277. The smallest absolute Gasteiger partial charge is 0.151 e. The SMILES string of the molecule is C#CCC(C)NCCS(=O)(=O)CCC. The molecular weight excluding hydrogens is 198 g/mol. The molecule has 0 aliphatic heterocycles. The van der Waals surface area contributed by atoms with Gasteiger partial charge in [0.15, 0.2) is 9.84 Å². The van der Waals surface area contributed by atoms with Crippen LogP contribution in [0.5, 0.6) is 0 Å². The van der Waals surface area contributed by atoms with E-state index in [4.69, 9.17) is 6.42 Å². The first-order valence-electron chi connectivity index (χ1n) is 4.89. The Hall–Kier alpha value is -0.530. The molecule has 0 heterocycles. The Labute approximate surface area is 87.2 Å². The van der Waals surface area contributed by atoms with E-state index in [1.54, 1.807) is 0 Å². The van der Waals surface area contributed by atoms with Crippen LogP contribution in [0, 0.1) is 12.3 Å². The summed E-state index contributed by atoms with van der Waals surface area (Å²) in [5.74, 6) is 3.01. The van der Waals surface area contributed by atoms with Crippen molar-refractivity contribution in [3.8, 4) is 12.3 Å². The van der Waals surface area contributed by atoms with Crippen LogP contribution in [0.3, 0.4) is 0 Å². The average Bonchev–Trinajstić information content (AvgIpc) is 2.03. The molecule has 4 heteroatoms. The highest BCUT2D eigenvalue weighted by Crippen LogP contribution is 1.93. The van der Waals surface area contributed by atoms with Crippen LogP contribution in [0.15, 0.2) is 0 Å². The van der Waals surface area contributed by atoms with E-state index in [2.05, 4.69) is 11.2 Å². The minimum absolute atomic E-state index is 0.192. The maximum absolute atomic E-state index is 11.3. The van der Waals surface area contributed by atoms with Crippen molar-refractivity contribution >= 4 is 9.84 Å². The molecule has 0 fully saturated rings. The molecule has 0 aliphatic rings. The first-order valence-corrected chi connectivity index (χ1v) is 6.71. The zero-order valence-electron chi connectivity index (χ0n) is 8.91. The summed E-state index contributed by atoms with van der Waals surface area (Å²) in [6, 6.07) is 0.192. The van der Waals surface area contributed by atoms with Crippen LogP contribution in [0.25, 0.3) is 0 Å². The van der Waals surface area contributed by atoms with Crippen molar-refractivity contribution in [2.75, 3.05) is 18.1 Å². The third-order valence-electron chi connectivity index (χ3n) is 1.85. The summed E-state index contributed by atoms with van der Waals surface area (Å²) in [4.78, 5) is 0. The highest BCUT2D eigenvalue weighted by molar-refractivity contribution is 7.91. The van der Waals surface area contributed by atoms with Crippen molar-refractivity contribution in [3.05, 3.63) is 0 Å². The molecular formula is C10H19NO2S. The molecule has 0 aromatic rings. The van der Waals surface area contributed by atoms with Crippen molar-refractivity contribution in [1.82, 2.24) is 5.32 Å². The van der Waals surface area contributed by atoms with Crippen LogP contribution in [-0.2, 0) is 9.84 Å². The predicted octanol–water partition coefficient (Wildman–Crippen LogP) is 0.813. The fourth-order valence-electron chi connectivity index (χ4n) is 1.12. The number of rotatable bonds is 7. The van der Waals surface area contributed by atoms with E-state index in [0.29, 0.717) is 19.4 Å². The van der Waals surface area contributed by atoms with Crippen molar-refractivity contribution in [2.24, 2.45) is 0 Å². The summed E-state index contributed by atoms with van der Waals surface area (Å²) in [6.45, 7) is 4.31. The van der Waals surface area contributed by atoms with E-state index in [9.17, 15) is 8.42 Å². The lowest BCUT2D eigenvalue weighted by molar-refractivity contribution is 0.563. The largest absolute Gasteiger partial charge is 0.312 e. The summed E-state index contributed by atoms with van der Waals surface area (Å²) in [5.41, 5.74) is 0. The average molecular weight is 217 g/mol. The Morgan fingerprint density at radius 3 is 2.57 bits per heavy atom. The lowest BCUT2D eigenvalue weighted by Gasteiger charge is -2.10. The van der Waals surface area contributed by atoms with Crippen molar-refractivity contribution in [3.63, 3.8) is 0 Å². The van der Waals surface area contributed by atoms with Gasteiger partial charge in [0, 0.05) is 24.8 Å². The highest BCUT2D eigenvalue weighted by Gasteiger charge is 2.09. The van der Waals surface area contributed by atoms with E-state index in [0.717, 1.165) is 0 Å². The van der Waals surface area contributed by atoms with Crippen molar-refractivity contribution in [1.29, 1.82) is 0 Å². The van der Waals surface area contributed by atoms with Gasteiger partial charge >= 0.3 is 0 Å². The van der Waals surface area contributed by atoms with Gasteiger partial charge in [-0.2, -0.15) is 0 Å². The normalized spacial score (nSPS) is 13.5. The summed E-state index contributed by atoms with van der Waals surface area (Å²) >= 11 is 0. The molecule has 0 spiro atoms. The van der Waals surface area contributed by atoms with Gasteiger partial charge in [0.25, 0.3) is 0 Å². The van der Waals surface area contributed by atoms with Crippen LogP contribution in [0.2, 0.25) is 0 Å². The Balaban J connectivity index is 3.69. The zero-order valence-corrected chi connectivity index (χ0v) is 9.73. The van der Waals surface area contributed by atoms with Gasteiger partial charge in [0.1, 0.15) is 0 Å². The summed E-state index contributed by atoms with van der Waals surface area (Å²) in [7, 11) is -2.86. The number of hydrogen-bond acceptors (Lipinski definition) is 3. The Kier molecular flexibility index (Phi) is 6.60. The topological polar surface area (TPSA) is 46.2 Å². The fourth-order valence-corrected chi connectivity index (χ4v) is 2.38. The molecule has 0 aliphatic carbocycles. The summed E-state index contributed by atoms with van der Waals surface area (Å²) < 4.78 is 22.6. The van der Waals surface area contributed by atoms with Crippen LogP contribution in [-0.4, -0.2) is 32.5 Å². The van der Waals surface area contributed by atoms with Gasteiger partial charge in [0.05, 0.1) is 5.75 Å². The minimum Gasteiger partial charge on any atom is -0.312 e. The van der Waals surface area contributed by atoms with Crippen molar-refractivity contribution in [2.45, 2.75) is 32.7 Å². The van der Waals surface area contributed by atoms with Crippen LogP contribution in [0.1, 0.15) is 26.7 Å². The van der Waals surface area contributed by atoms with E-state index >= 15 is 0 Å². The molecule has 14 heavy (non-hydrogen) atoms. The van der Waals surface area contributed by atoms with Gasteiger partial charge in [-0.1, -0.05) is 6.92 Å². The molecule has 1 N–H and O–H groups in total. The molecule has 0 amide bonds. The Morgan fingerprint density at radius 2 is 2.07 bits per heavy atom.